The minimum Gasteiger partial charge on any atom is -0.368 e. The predicted octanol–water partition coefficient (Wildman–Crippen LogP) is 13.6. The number of amides is 4. The van der Waals surface area contributed by atoms with Crippen molar-refractivity contribution in [1.82, 2.24) is 55.0 Å². The first kappa shape index (κ1) is 78.6. The molecule has 0 saturated carbocycles. The second-order valence-corrected chi connectivity index (χ2v) is 55.5. The lowest BCUT2D eigenvalue weighted by molar-refractivity contribution is -0.133. The van der Waals surface area contributed by atoms with Gasteiger partial charge < -0.3 is 30.2 Å². The minimum absolute atomic E-state index is 0. The fraction of sp³-hybridized carbons (Fsp3) is 0.383. The second-order valence-electron chi connectivity index (χ2n) is 21.5. The Bertz CT molecular complexity index is 3300. The number of benzene rings is 4. The molecule has 492 valence electrons. The lowest BCUT2D eigenvalue weighted by Crippen LogP contribution is -2.56. The molecule has 0 aliphatic carbocycles. The normalized spacial score (nSPS) is 15.8. The summed E-state index contributed by atoms with van der Waals surface area (Å²) in [5.41, 5.74) is 5.63. The zero-order valence-electron chi connectivity index (χ0n) is 51.4. The maximum atomic E-state index is 13.7. The number of aromatic nitrogens is 6. The molecule has 0 radical (unpaired) electrons. The van der Waals surface area contributed by atoms with E-state index in [9.17, 15) is 23.6 Å². The molecule has 9 atom stereocenters. The maximum Gasteiger partial charge on any atom is 0.251 e. The lowest BCUT2D eigenvalue weighted by Gasteiger charge is -2.37. The third-order valence-corrected chi connectivity index (χ3v) is 48.5. The Kier molecular flexibility index (Phi) is 34.9. The first-order valence-electron chi connectivity index (χ1n) is 29.2. The van der Waals surface area contributed by atoms with Gasteiger partial charge in [-0.15, -0.1) is 74.1 Å². The number of H-pyrrole nitrogens is 1. The number of rotatable bonds is 17. The van der Waals surface area contributed by atoms with Gasteiger partial charge in [-0.05, 0) is 165 Å². The molecule has 3 saturated heterocycles. The Hall–Kier alpha value is -3.14. The Morgan fingerprint density at radius 3 is 1.57 bits per heavy atom. The number of hydrogen-bond acceptors (Lipinski definition) is 13. The average Bonchev–Trinajstić information content (AvgIpc) is 2.00. The van der Waals surface area contributed by atoms with Crippen LogP contribution in [-0.2, 0) is 19.2 Å². The highest BCUT2D eigenvalue weighted by molar-refractivity contribution is 8.92. The van der Waals surface area contributed by atoms with E-state index in [1.165, 1.54) is 12.1 Å². The van der Waals surface area contributed by atoms with Gasteiger partial charge in [0.05, 0.1) is 17.8 Å². The highest BCUT2D eigenvalue weighted by atomic mass is 35.5. The van der Waals surface area contributed by atoms with E-state index in [2.05, 4.69) is 177 Å². The predicted molar refractivity (Wildman–Crippen MR) is 413 cm³/mol. The smallest absolute Gasteiger partial charge is 0.251 e. The Labute approximate surface area is 563 Å². The fourth-order valence-corrected chi connectivity index (χ4v) is 10.5. The molecule has 9 unspecified atom stereocenters. The van der Waals surface area contributed by atoms with Gasteiger partial charge >= 0.3 is 0 Å². The van der Waals surface area contributed by atoms with E-state index in [0.717, 1.165) is 85.5 Å². The fourth-order valence-electron chi connectivity index (χ4n) is 10.3. The summed E-state index contributed by atoms with van der Waals surface area (Å²) >= 11 is 5.60. The maximum absolute atomic E-state index is 13.7. The van der Waals surface area contributed by atoms with E-state index in [1.807, 2.05) is 39.0 Å². The van der Waals surface area contributed by atoms with Crippen LogP contribution in [0, 0.1) is 5.82 Å². The van der Waals surface area contributed by atoms with E-state index in [4.69, 9.17) is 11.6 Å². The summed E-state index contributed by atoms with van der Waals surface area (Å²) in [4.78, 5) is 79.9. The number of alkyl halides is 1. The van der Waals surface area contributed by atoms with Gasteiger partial charge in [-0.3, -0.25) is 34.1 Å². The second kappa shape index (κ2) is 40.4. The molecule has 18 nitrogen and oxygen atoms in total. The topological polar surface area (TPSA) is 192 Å². The van der Waals surface area contributed by atoms with Crippen molar-refractivity contribution >= 4 is 155 Å². The van der Waals surface area contributed by atoms with E-state index in [0.29, 0.717) is 74.8 Å². The van der Waals surface area contributed by atoms with Crippen LogP contribution in [0.1, 0.15) is 48.5 Å². The lowest BCUT2D eigenvalue weighted by atomic mass is 9.97. The van der Waals surface area contributed by atoms with Gasteiger partial charge in [0.2, 0.25) is 18.2 Å². The molecule has 31 heteroatoms. The number of fused-ring (bicyclic) bond motifs is 1. The molecular weight excluding hydrogens is 1380 g/mol. The molecule has 3 fully saturated rings. The number of nitrogens with zero attached hydrogens (tertiary/aromatic N) is 11. The average molecular weight is 1470 g/mol. The van der Waals surface area contributed by atoms with Crippen LogP contribution in [0.5, 0.6) is 0 Å². The summed E-state index contributed by atoms with van der Waals surface area (Å²) in [6.07, 6.45) is 7.82. The number of carbonyl (C=O) groups excluding carboxylic acids is 4. The van der Waals surface area contributed by atoms with Gasteiger partial charge in [0.1, 0.15) is 17.2 Å². The Morgan fingerprint density at radius 1 is 0.703 bits per heavy atom. The molecule has 3 aliphatic rings. The number of anilines is 3. The largest absolute Gasteiger partial charge is 0.368 e. The number of carbonyl (C=O) groups is 4. The summed E-state index contributed by atoms with van der Waals surface area (Å²) in [7, 11) is 20.4. The highest BCUT2D eigenvalue weighted by Crippen LogP contribution is 2.86. The van der Waals surface area contributed by atoms with Crippen molar-refractivity contribution in [3.8, 4) is 34.0 Å². The summed E-state index contributed by atoms with van der Waals surface area (Å²) < 4.78 is 13.5. The Morgan fingerprint density at radius 2 is 1.16 bits per heavy atom. The van der Waals surface area contributed by atoms with Gasteiger partial charge in [-0.2, -0.15) is 5.10 Å². The molecule has 4 amide bonds. The first-order chi connectivity index (χ1) is 43.2. The molecule has 4 aromatic carbocycles. The SMILES string of the molecule is C.CCN(C(C)C)C(C)C.O=C(CCl)N1CCN(c2ccc(-c3ncccn3)cc2)CC1.O=CNC1(C(=O)Nc2ccc3[nH]nc(-c4ccc(F)cc4)c3c2)CCN(CC(=O)N2CCN(c3ccc(-c4ncccn4)cc3)CC2)C1.PP(P)P(P)P.PPP(P)P. The number of nitrogens with one attached hydrogen (secondary N) is 3. The van der Waals surface area contributed by atoms with E-state index >= 15 is 0 Å². The third-order valence-electron chi connectivity index (χ3n) is 15.0. The summed E-state index contributed by atoms with van der Waals surface area (Å²) in [5.74, 6) is 0.767. The molecule has 0 spiro atoms. The molecule has 3 aliphatic heterocycles. The van der Waals surface area contributed by atoms with Crippen LogP contribution in [0.25, 0.3) is 44.9 Å². The number of hydrogen-bond donors (Lipinski definition) is 3. The van der Waals surface area contributed by atoms with Crippen LogP contribution in [0.4, 0.5) is 21.5 Å². The van der Waals surface area contributed by atoms with Gasteiger partial charge in [-0.1, -0.05) is 22.3 Å². The molecule has 7 aromatic rings. The molecular formula is C60H89ClFN14O4P11. The van der Waals surface area contributed by atoms with Crippen LogP contribution >= 0.6 is 103 Å². The zero-order chi connectivity index (χ0) is 65.3. The number of aromatic amines is 1. The van der Waals surface area contributed by atoms with Crippen molar-refractivity contribution in [2.24, 2.45) is 0 Å². The standard InChI is InChI=1S/C35H34FN9O3.C16H17ClN4O.C8H19N.CH4.H8P6.H7P5/c36-26-6-2-24(3-7-26)32-29-20-27(8-11-30(29)41-42-32)40-34(48)35(39-23-46)12-15-43(22-35)21-31(47)45-18-16-44(17-19-45)28-9-4-25(5-10-28)33-37-13-1-14-38-33;17-12-15(22)21-10-8-20(9-11-21)14-4-2-13(3-5-14)16-18-6-1-7-19-16;1-6-9(7(2)3)8(4)5;;1-5(2)6(3)4;1-4-5(2)3/h1-11,13-14,20,23H,12,15-19,21-22H2,(H,39,46)(H,40,48)(H,41,42);1-7H,8-12H2;7-8H,6H2,1-5H3;1H4;1-4H2;4H,1-3H2. The van der Waals surface area contributed by atoms with Crippen LogP contribution in [0.15, 0.2) is 128 Å². The quantitative estimate of drug-likeness (QED) is 0.0444. The van der Waals surface area contributed by atoms with E-state index in [-0.39, 0.29) is 70.9 Å². The third kappa shape index (κ3) is 24.5. The molecule has 6 heterocycles. The summed E-state index contributed by atoms with van der Waals surface area (Å²) in [6.45, 7) is 19.4. The number of piperazine rings is 2. The molecule has 3 aromatic heterocycles. The molecule has 0 bridgehead atoms. The number of halogens is 2. The zero-order valence-corrected chi connectivity index (χ0v) is 64.0. The van der Waals surface area contributed by atoms with Crippen molar-refractivity contribution in [2.45, 2.75) is 66.1 Å². The molecule has 91 heavy (non-hydrogen) atoms. The summed E-state index contributed by atoms with van der Waals surface area (Å²) in [5, 5.41) is 13.8. The highest BCUT2D eigenvalue weighted by Gasteiger charge is 2.45. The van der Waals surface area contributed by atoms with Crippen molar-refractivity contribution in [3.05, 3.63) is 134 Å². The monoisotopic (exact) mass is 1460 g/mol. The van der Waals surface area contributed by atoms with Crippen LogP contribution in [0.3, 0.4) is 0 Å². The van der Waals surface area contributed by atoms with Crippen LogP contribution in [-0.4, -0.2) is 176 Å². The number of likely N-dealkylation sites (tertiary alicyclic amines) is 1. The van der Waals surface area contributed by atoms with Crippen LogP contribution < -0.4 is 20.4 Å². The van der Waals surface area contributed by atoms with Gasteiger partial charge in [0.15, 0.2) is 11.6 Å². The van der Waals surface area contributed by atoms with Crippen molar-refractivity contribution in [3.63, 3.8) is 0 Å². The van der Waals surface area contributed by atoms with Crippen LogP contribution in [0.2, 0.25) is 0 Å². The van der Waals surface area contributed by atoms with E-state index in [1.54, 1.807) is 67.3 Å². The van der Waals surface area contributed by atoms with Gasteiger partial charge in [0.25, 0.3) is 5.91 Å². The first-order valence-corrected chi connectivity index (χ1v) is 47.8. The van der Waals surface area contributed by atoms with E-state index < -0.39 is 5.54 Å². The van der Waals surface area contributed by atoms with Crippen molar-refractivity contribution in [1.29, 1.82) is 0 Å². The van der Waals surface area contributed by atoms with Crippen molar-refractivity contribution in [2.75, 3.05) is 99.5 Å². The molecule has 10 rings (SSSR count). The van der Waals surface area contributed by atoms with Gasteiger partial charge in [0, 0.05) is 141 Å². The minimum atomic E-state index is -1.19. The molecule has 3 N–H and O–H groups in total. The Balaban J connectivity index is 0.000000286. The van der Waals surface area contributed by atoms with Crippen molar-refractivity contribution < 1.29 is 23.6 Å². The van der Waals surface area contributed by atoms with Gasteiger partial charge in [-0.25, -0.2) is 24.3 Å². The summed E-state index contributed by atoms with van der Waals surface area (Å²) in [6, 6.07) is 32.7.